The third-order valence-corrected chi connectivity index (χ3v) is 8.54. The molecular weight excluding hydrogens is 412 g/mol. The molecule has 3 aromatic rings. The van der Waals surface area contributed by atoms with Crippen molar-refractivity contribution < 1.29 is 13.9 Å². The Labute approximate surface area is 192 Å². The maximum atomic E-state index is 6.95. The van der Waals surface area contributed by atoms with Gasteiger partial charge in [0.05, 0.1) is 19.3 Å². The van der Waals surface area contributed by atoms with E-state index in [1.807, 2.05) is 60.7 Å². The topological polar surface area (TPSA) is 27.7 Å². The Hall–Kier alpha value is -2.94. The van der Waals surface area contributed by atoms with Crippen molar-refractivity contribution in [1.82, 2.24) is 0 Å². The zero-order valence-corrected chi connectivity index (χ0v) is 19.6. The lowest BCUT2D eigenvalue weighted by Crippen LogP contribution is -2.62. The molecule has 0 heterocycles. The smallest absolute Gasteiger partial charge is 0.337 e. The van der Waals surface area contributed by atoms with Gasteiger partial charge in [0.1, 0.15) is 6.61 Å². The van der Waals surface area contributed by atoms with Gasteiger partial charge >= 0.3 is 8.32 Å². The van der Waals surface area contributed by atoms with E-state index >= 15 is 0 Å². The van der Waals surface area contributed by atoms with E-state index in [0.717, 1.165) is 15.9 Å². The lowest BCUT2D eigenvalue weighted by molar-refractivity contribution is 0.0414. The van der Waals surface area contributed by atoms with Crippen molar-refractivity contribution in [2.45, 2.75) is 19.1 Å². The molecule has 0 spiro atoms. The number of benzene rings is 3. The van der Waals surface area contributed by atoms with E-state index in [1.54, 1.807) is 7.11 Å². The first-order chi connectivity index (χ1) is 15.8. The molecule has 1 unspecified atom stereocenters. The van der Waals surface area contributed by atoms with Gasteiger partial charge in [0.25, 0.3) is 0 Å². The number of ether oxygens (including phenoxy) is 2. The molecule has 32 heavy (non-hydrogen) atoms. The van der Waals surface area contributed by atoms with Crippen LogP contribution in [0.2, 0.25) is 0 Å². The van der Waals surface area contributed by atoms with Crippen LogP contribution in [0.25, 0.3) is 0 Å². The predicted molar refractivity (Wildman–Crippen MR) is 133 cm³/mol. The summed E-state index contributed by atoms with van der Waals surface area (Å²) in [6.07, 6.45) is 2.39. The molecule has 3 aromatic carbocycles. The fourth-order valence-corrected chi connectivity index (χ4v) is 6.79. The summed E-state index contributed by atoms with van der Waals surface area (Å²) >= 11 is 0. The van der Waals surface area contributed by atoms with Gasteiger partial charge in [-0.15, -0.1) is 6.58 Å². The average Bonchev–Trinajstić information content (AvgIpc) is 2.85. The molecule has 0 N–H and O–H groups in total. The maximum Gasteiger partial charge on any atom is 0.337 e. The molecule has 0 aromatic heterocycles. The lowest BCUT2D eigenvalue weighted by atomic mass is 10.2. The van der Waals surface area contributed by atoms with Crippen molar-refractivity contribution in [1.29, 1.82) is 0 Å². The highest BCUT2D eigenvalue weighted by Gasteiger charge is 2.40. The predicted octanol–water partition coefficient (Wildman–Crippen LogP) is 4.11. The first-order valence-corrected chi connectivity index (χ1v) is 12.7. The molecule has 4 heteroatoms. The van der Waals surface area contributed by atoms with Crippen molar-refractivity contribution in [3.8, 4) is 11.5 Å². The van der Waals surface area contributed by atoms with E-state index in [9.17, 15) is 0 Å². The number of hydrogen-bond donors (Lipinski definition) is 0. The maximum absolute atomic E-state index is 6.95. The minimum Gasteiger partial charge on any atom is -0.393 e. The van der Waals surface area contributed by atoms with Gasteiger partial charge in [-0.05, 0) is 22.4 Å². The Bertz CT molecular complexity index is 955. The number of methoxy groups -OCH3 is 1. The number of rotatable bonds is 11. The highest BCUT2D eigenvalue weighted by Crippen LogP contribution is 2.14. The summed E-state index contributed by atoms with van der Waals surface area (Å²) in [6.45, 7) is 5.30. The lowest BCUT2D eigenvalue weighted by Gasteiger charge is -2.32. The molecule has 0 aliphatic heterocycles. The van der Waals surface area contributed by atoms with E-state index in [0.29, 0.717) is 26.2 Å². The van der Waals surface area contributed by atoms with Gasteiger partial charge < -0.3 is 13.9 Å². The summed E-state index contributed by atoms with van der Waals surface area (Å²) in [5, 5.41) is 2.21. The molecule has 0 amide bonds. The molecule has 0 aliphatic carbocycles. The fourth-order valence-electron chi connectivity index (χ4n) is 3.52. The van der Waals surface area contributed by atoms with Crippen LogP contribution in [0, 0.1) is 11.5 Å². The van der Waals surface area contributed by atoms with E-state index in [1.165, 1.54) is 0 Å². The summed E-state index contributed by atoms with van der Waals surface area (Å²) < 4.78 is 18.2. The summed E-state index contributed by atoms with van der Waals surface area (Å²) in [7, 11) is -1.23. The summed E-state index contributed by atoms with van der Waals surface area (Å²) in [6, 6.07) is 30.8. The first kappa shape index (κ1) is 23.7. The van der Waals surface area contributed by atoms with Gasteiger partial charge in [0.15, 0.2) is 0 Å². The first-order valence-electron chi connectivity index (χ1n) is 10.8. The average molecular weight is 443 g/mol. The second-order valence-corrected chi connectivity index (χ2v) is 10.4. The Morgan fingerprint density at radius 2 is 1.44 bits per heavy atom. The molecule has 0 bridgehead atoms. The van der Waals surface area contributed by atoms with Crippen LogP contribution in [-0.4, -0.2) is 34.7 Å². The van der Waals surface area contributed by atoms with Gasteiger partial charge in [-0.3, -0.25) is 0 Å². The van der Waals surface area contributed by atoms with Gasteiger partial charge in [-0.25, -0.2) is 0 Å². The summed E-state index contributed by atoms with van der Waals surface area (Å²) in [5.74, 6) is 3.20. The van der Waals surface area contributed by atoms with E-state index in [4.69, 9.17) is 13.9 Å². The molecule has 3 nitrogen and oxygen atoms in total. The molecule has 164 valence electrons. The van der Waals surface area contributed by atoms with Crippen molar-refractivity contribution in [3.63, 3.8) is 0 Å². The second-order valence-electron chi connectivity index (χ2n) is 7.41. The third kappa shape index (κ3) is 6.53. The van der Waals surface area contributed by atoms with E-state index in [2.05, 4.69) is 54.4 Å². The van der Waals surface area contributed by atoms with E-state index < -0.39 is 8.32 Å². The number of hydrogen-bond acceptors (Lipinski definition) is 3. The van der Waals surface area contributed by atoms with Gasteiger partial charge in [-0.1, -0.05) is 109 Å². The second kappa shape index (κ2) is 12.8. The highest BCUT2D eigenvalue weighted by molar-refractivity contribution is 7.03. The minimum absolute atomic E-state index is 0.167. The van der Waals surface area contributed by atoms with E-state index in [-0.39, 0.29) is 6.10 Å². The van der Waals surface area contributed by atoms with Crippen LogP contribution < -0.4 is 10.4 Å². The molecule has 1 atom stereocenters. The fraction of sp³-hybridized carbons (Fsp3) is 0.214. The zero-order valence-electron chi connectivity index (χ0n) is 18.6. The summed E-state index contributed by atoms with van der Waals surface area (Å²) in [5.41, 5.74) is 4.65. The van der Waals surface area contributed by atoms with Crippen molar-refractivity contribution in [3.05, 3.63) is 109 Å². The molecule has 0 saturated heterocycles. The SMILES string of the molecule is C=CCC(COCc1ccccc1)O[Si](C#CCOC)(c1ccccc1)c1ccccc1. The largest absolute Gasteiger partial charge is 0.393 e. The van der Waals surface area contributed by atoms with Crippen molar-refractivity contribution >= 4 is 18.7 Å². The molecule has 3 rings (SSSR count). The molecule has 0 radical (unpaired) electrons. The Morgan fingerprint density at radius 3 is 1.97 bits per heavy atom. The monoisotopic (exact) mass is 442 g/mol. The van der Waals surface area contributed by atoms with Gasteiger partial charge in [-0.2, -0.15) is 0 Å². The Balaban J connectivity index is 1.93. The van der Waals surface area contributed by atoms with Crippen LogP contribution in [0.1, 0.15) is 12.0 Å². The third-order valence-electron chi connectivity index (χ3n) is 5.03. The van der Waals surface area contributed by atoms with Gasteiger partial charge in [0, 0.05) is 7.11 Å². The summed E-state index contributed by atoms with van der Waals surface area (Å²) in [4.78, 5) is 0. The van der Waals surface area contributed by atoms with Crippen LogP contribution >= 0.6 is 0 Å². The Kier molecular flexibility index (Phi) is 9.49. The van der Waals surface area contributed by atoms with Gasteiger partial charge in [0.2, 0.25) is 0 Å². The normalized spacial score (nSPS) is 11.9. The quantitative estimate of drug-likeness (QED) is 0.254. The van der Waals surface area contributed by atoms with Crippen LogP contribution in [0.5, 0.6) is 0 Å². The van der Waals surface area contributed by atoms with Crippen LogP contribution in [-0.2, 0) is 20.5 Å². The highest BCUT2D eigenvalue weighted by atomic mass is 28.4. The molecule has 0 fully saturated rings. The minimum atomic E-state index is -2.88. The molecule has 0 saturated carbocycles. The van der Waals surface area contributed by atoms with Crippen LogP contribution in [0.3, 0.4) is 0 Å². The zero-order chi connectivity index (χ0) is 22.5. The van der Waals surface area contributed by atoms with Crippen molar-refractivity contribution in [2.75, 3.05) is 20.3 Å². The molecular formula is C28H30O3Si. The van der Waals surface area contributed by atoms with Crippen LogP contribution in [0.15, 0.2) is 104 Å². The van der Waals surface area contributed by atoms with Crippen LogP contribution in [0.4, 0.5) is 0 Å². The molecule has 0 aliphatic rings. The van der Waals surface area contributed by atoms with Crippen molar-refractivity contribution in [2.24, 2.45) is 0 Å². The Morgan fingerprint density at radius 1 is 0.875 bits per heavy atom. The standard InChI is InChI=1S/C28H30O3Si/c1-3-14-26(24-30-23-25-15-7-4-8-16-25)31-32(22-13-21-29-2,27-17-9-5-10-18-27)28-19-11-6-12-20-28/h3-12,15-20,26H,1,14,21,23-24H2,2H3.